The molecule has 0 saturated carbocycles. The zero-order chi connectivity index (χ0) is 20.3. The Morgan fingerprint density at radius 1 is 1.29 bits per heavy atom. The molecule has 0 atom stereocenters. The minimum absolute atomic E-state index is 0.227. The van der Waals surface area contributed by atoms with Crippen LogP contribution in [-0.4, -0.2) is 23.0 Å². The summed E-state index contributed by atoms with van der Waals surface area (Å²) in [6.45, 7) is 5.18. The van der Waals surface area contributed by atoms with Crippen LogP contribution < -0.4 is 10.7 Å². The summed E-state index contributed by atoms with van der Waals surface area (Å²) in [6.07, 6.45) is 3.65. The first-order valence-electron chi connectivity index (χ1n) is 8.53. The molecule has 2 aromatic heterocycles. The van der Waals surface area contributed by atoms with Crippen LogP contribution >= 0.6 is 11.3 Å². The Balaban J connectivity index is 1.73. The van der Waals surface area contributed by atoms with Gasteiger partial charge < -0.3 is 9.15 Å². The fourth-order valence-corrected chi connectivity index (χ4v) is 3.28. The van der Waals surface area contributed by atoms with E-state index >= 15 is 0 Å². The minimum Gasteiger partial charge on any atom is -0.463 e. The SMILES string of the molecule is Cc1nc(NC(=O)/C=C/c2coc3ccccc3c2=O)sc1C(=O)OC(C)C. The number of para-hydroxylation sites is 1. The maximum absolute atomic E-state index is 12.4. The average molecular weight is 398 g/mol. The molecule has 7 nitrogen and oxygen atoms in total. The third-order valence-electron chi connectivity index (χ3n) is 3.68. The van der Waals surface area contributed by atoms with Crippen LogP contribution in [0.4, 0.5) is 5.13 Å². The highest BCUT2D eigenvalue weighted by molar-refractivity contribution is 7.17. The molecule has 0 aliphatic heterocycles. The van der Waals surface area contributed by atoms with E-state index in [1.54, 1.807) is 45.0 Å². The first-order valence-corrected chi connectivity index (χ1v) is 9.35. The molecule has 3 rings (SSSR count). The second kappa shape index (κ2) is 8.18. The van der Waals surface area contributed by atoms with Gasteiger partial charge in [0, 0.05) is 6.08 Å². The molecule has 1 amide bonds. The molecule has 1 aromatic carbocycles. The maximum Gasteiger partial charge on any atom is 0.350 e. The van der Waals surface area contributed by atoms with E-state index in [0.717, 1.165) is 11.3 Å². The number of fused-ring (bicyclic) bond motifs is 1. The van der Waals surface area contributed by atoms with Gasteiger partial charge in [0.25, 0.3) is 0 Å². The molecule has 0 aliphatic carbocycles. The Labute approximate surface area is 164 Å². The maximum atomic E-state index is 12.4. The first-order chi connectivity index (χ1) is 13.3. The van der Waals surface area contributed by atoms with Gasteiger partial charge in [0.2, 0.25) is 5.91 Å². The molecule has 28 heavy (non-hydrogen) atoms. The van der Waals surface area contributed by atoms with Crippen LogP contribution in [-0.2, 0) is 9.53 Å². The summed E-state index contributed by atoms with van der Waals surface area (Å²) in [4.78, 5) is 41.1. The Bertz CT molecular complexity index is 1130. The largest absolute Gasteiger partial charge is 0.463 e. The lowest BCUT2D eigenvalue weighted by molar-refractivity contribution is -0.111. The predicted octanol–water partition coefficient (Wildman–Crippen LogP) is 3.78. The monoisotopic (exact) mass is 398 g/mol. The van der Waals surface area contributed by atoms with Crippen molar-refractivity contribution in [2.45, 2.75) is 26.9 Å². The summed E-state index contributed by atoms with van der Waals surface area (Å²) < 4.78 is 10.6. The molecule has 0 fully saturated rings. The average Bonchev–Trinajstić information content (AvgIpc) is 3.01. The molecule has 0 radical (unpaired) electrons. The van der Waals surface area contributed by atoms with Crippen LogP contribution in [0.2, 0.25) is 0 Å². The normalized spacial score (nSPS) is 11.3. The van der Waals surface area contributed by atoms with E-state index in [0.29, 0.717) is 21.5 Å². The van der Waals surface area contributed by atoms with Crippen molar-refractivity contribution < 1.29 is 18.7 Å². The molecule has 8 heteroatoms. The molecule has 1 N–H and O–H groups in total. The van der Waals surface area contributed by atoms with Gasteiger partial charge in [0.05, 0.1) is 22.7 Å². The quantitative estimate of drug-likeness (QED) is 0.519. The standard InChI is InChI=1S/C20H18N2O5S/c1-11(2)27-19(25)18-12(3)21-20(28-18)22-16(23)9-8-13-10-26-15-7-5-4-6-14(15)17(13)24/h4-11H,1-3H3,(H,21,22,23)/b9-8+. The molecule has 0 bridgehead atoms. The van der Waals surface area contributed by atoms with Crippen molar-refractivity contribution in [1.82, 2.24) is 4.98 Å². The van der Waals surface area contributed by atoms with Crippen LogP contribution in [0.1, 0.15) is 34.8 Å². The summed E-state index contributed by atoms with van der Waals surface area (Å²) in [7, 11) is 0. The lowest BCUT2D eigenvalue weighted by Crippen LogP contribution is -2.11. The highest BCUT2D eigenvalue weighted by Crippen LogP contribution is 2.24. The number of carbonyl (C=O) groups is 2. The van der Waals surface area contributed by atoms with Crippen LogP contribution in [0.15, 0.2) is 45.8 Å². The number of benzene rings is 1. The van der Waals surface area contributed by atoms with Gasteiger partial charge in [-0.05, 0) is 39.0 Å². The molecule has 3 aromatic rings. The van der Waals surface area contributed by atoms with Gasteiger partial charge in [-0.15, -0.1) is 0 Å². The zero-order valence-corrected chi connectivity index (χ0v) is 16.3. The summed E-state index contributed by atoms with van der Waals surface area (Å²) in [5, 5.41) is 3.29. The van der Waals surface area contributed by atoms with E-state index in [-0.39, 0.29) is 22.2 Å². The Morgan fingerprint density at radius 2 is 2.04 bits per heavy atom. The Morgan fingerprint density at radius 3 is 2.79 bits per heavy atom. The molecule has 144 valence electrons. The number of hydrogen-bond acceptors (Lipinski definition) is 7. The van der Waals surface area contributed by atoms with Gasteiger partial charge in [0.1, 0.15) is 16.7 Å². The number of rotatable bonds is 5. The number of aromatic nitrogens is 1. The second-order valence-electron chi connectivity index (χ2n) is 6.23. The van der Waals surface area contributed by atoms with Crippen molar-refractivity contribution >= 4 is 45.4 Å². The number of thiazole rings is 1. The number of nitrogens with zero attached hydrogens (tertiary/aromatic N) is 1. The number of esters is 1. The predicted molar refractivity (Wildman–Crippen MR) is 108 cm³/mol. The van der Waals surface area contributed by atoms with Crippen LogP contribution in [0.3, 0.4) is 0 Å². The fourth-order valence-electron chi connectivity index (χ4n) is 2.43. The van der Waals surface area contributed by atoms with Gasteiger partial charge in [-0.25, -0.2) is 9.78 Å². The van der Waals surface area contributed by atoms with Crippen molar-refractivity contribution in [2.24, 2.45) is 0 Å². The number of carbonyl (C=O) groups excluding carboxylic acids is 2. The molecular formula is C20H18N2O5S. The molecule has 0 saturated heterocycles. The summed E-state index contributed by atoms with van der Waals surface area (Å²) in [5.74, 6) is -0.958. The van der Waals surface area contributed by atoms with Crippen molar-refractivity contribution in [2.75, 3.05) is 5.32 Å². The first kappa shape index (κ1) is 19.5. The van der Waals surface area contributed by atoms with E-state index in [1.807, 2.05) is 0 Å². The zero-order valence-electron chi connectivity index (χ0n) is 15.5. The molecule has 0 spiro atoms. The van der Waals surface area contributed by atoms with Gasteiger partial charge in [-0.2, -0.15) is 0 Å². The number of amides is 1. The van der Waals surface area contributed by atoms with Gasteiger partial charge >= 0.3 is 5.97 Å². The summed E-state index contributed by atoms with van der Waals surface area (Å²) >= 11 is 1.03. The number of hydrogen-bond donors (Lipinski definition) is 1. The Hall–Kier alpha value is -3.26. The third-order valence-corrected chi connectivity index (χ3v) is 4.73. The lowest BCUT2D eigenvalue weighted by Gasteiger charge is -2.05. The molecule has 0 aliphatic rings. The van der Waals surface area contributed by atoms with Crippen LogP contribution in [0, 0.1) is 6.92 Å². The van der Waals surface area contributed by atoms with Gasteiger partial charge in [-0.1, -0.05) is 23.5 Å². The summed E-state index contributed by atoms with van der Waals surface area (Å²) in [6, 6.07) is 6.87. The van der Waals surface area contributed by atoms with E-state index in [1.165, 1.54) is 18.4 Å². The highest BCUT2D eigenvalue weighted by Gasteiger charge is 2.18. The molecular weight excluding hydrogens is 380 g/mol. The van der Waals surface area contributed by atoms with Gasteiger partial charge in [0.15, 0.2) is 10.6 Å². The second-order valence-corrected chi connectivity index (χ2v) is 7.23. The summed E-state index contributed by atoms with van der Waals surface area (Å²) in [5.41, 5.74) is 0.985. The van der Waals surface area contributed by atoms with Crippen molar-refractivity contribution in [3.05, 3.63) is 63.0 Å². The molecule has 2 heterocycles. The minimum atomic E-state index is -0.481. The van der Waals surface area contributed by atoms with E-state index in [2.05, 4.69) is 10.3 Å². The topological polar surface area (TPSA) is 98.5 Å². The third kappa shape index (κ3) is 4.34. The van der Waals surface area contributed by atoms with Crippen molar-refractivity contribution in [3.8, 4) is 0 Å². The van der Waals surface area contributed by atoms with E-state index in [9.17, 15) is 14.4 Å². The van der Waals surface area contributed by atoms with Gasteiger partial charge in [-0.3, -0.25) is 14.9 Å². The number of anilines is 1. The van der Waals surface area contributed by atoms with Crippen LogP contribution in [0.25, 0.3) is 17.0 Å². The van der Waals surface area contributed by atoms with E-state index in [4.69, 9.17) is 9.15 Å². The molecule has 0 unspecified atom stereocenters. The fraction of sp³-hybridized carbons (Fsp3) is 0.200. The highest BCUT2D eigenvalue weighted by atomic mass is 32.1. The number of ether oxygens (including phenoxy) is 1. The van der Waals surface area contributed by atoms with Crippen molar-refractivity contribution in [3.63, 3.8) is 0 Å². The Kier molecular flexibility index (Phi) is 5.70. The van der Waals surface area contributed by atoms with Crippen LogP contribution in [0.5, 0.6) is 0 Å². The number of nitrogens with one attached hydrogen (secondary N) is 1. The van der Waals surface area contributed by atoms with E-state index < -0.39 is 11.9 Å². The van der Waals surface area contributed by atoms with Crippen molar-refractivity contribution in [1.29, 1.82) is 0 Å². The number of aryl methyl sites for hydroxylation is 1. The lowest BCUT2D eigenvalue weighted by atomic mass is 10.1. The smallest absolute Gasteiger partial charge is 0.350 e.